The molecule has 0 saturated heterocycles. The quantitative estimate of drug-likeness (QED) is 0.854. The van der Waals surface area contributed by atoms with Crippen LogP contribution in [0.25, 0.3) is 0 Å². The van der Waals surface area contributed by atoms with Crippen molar-refractivity contribution in [3.05, 3.63) is 30.1 Å². The van der Waals surface area contributed by atoms with Gasteiger partial charge in [-0.15, -0.1) is 12.4 Å². The zero-order chi connectivity index (χ0) is 12.2. The Bertz CT molecular complexity index is 352. The molecule has 4 nitrogen and oxygen atoms in total. The van der Waals surface area contributed by atoms with E-state index in [0.717, 1.165) is 12.0 Å². The van der Waals surface area contributed by atoms with Gasteiger partial charge in [-0.3, -0.25) is 9.78 Å². The molecule has 0 saturated carbocycles. The first kappa shape index (κ1) is 15.9. The number of rotatable bonds is 4. The Morgan fingerprint density at radius 2 is 2.00 bits per heavy atom. The van der Waals surface area contributed by atoms with Crippen LogP contribution in [0, 0.1) is 0 Å². The van der Waals surface area contributed by atoms with E-state index < -0.39 is 6.04 Å². The molecule has 0 aliphatic rings. The normalized spacial score (nSPS) is 12.5. The lowest BCUT2D eigenvalue weighted by Gasteiger charge is -2.27. The van der Waals surface area contributed by atoms with E-state index in [1.54, 1.807) is 19.3 Å². The lowest BCUT2D eigenvalue weighted by molar-refractivity contribution is -0.123. The Hall–Kier alpha value is -1.13. The molecule has 17 heavy (non-hydrogen) atoms. The highest BCUT2D eigenvalue weighted by atomic mass is 35.5. The maximum absolute atomic E-state index is 11.5. The third-order valence-electron chi connectivity index (χ3n) is 2.27. The molecule has 5 heteroatoms. The van der Waals surface area contributed by atoms with Gasteiger partial charge in [-0.2, -0.15) is 0 Å². The second kappa shape index (κ2) is 6.57. The molecule has 3 N–H and O–H groups in total. The molecule has 0 radical (unpaired) electrons. The van der Waals surface area contributed by atoms with Crippen LogP contribution >= 0.6 is 12.4 Å². The third kappa shape index (κ3) is 5.65. The molecule has 1 aromatic heterocycles. The molecule has 0 aliphatic carbocycles. The van der Waals surface area contributed by atoms with Gasteiger partial charge in [0.1, 0.15) is 0 Å². The van der Waals surface area contributed by atoms with Crippen LogP contribution in [0.15, 0.2) is 24.5 Å². The molecule has 1 aromatic rings. The molecular weight excluding hydrogens is 238 g/mol. The van der Waals surface area contributed by atoms with Gasteiger partial charge in [0.05, 0.1) is 6.04 Å². The molecule has 1 atom stereocenters. The average Bonchev–Trinajstić information content (AvgIpc) is 2.17. The fraction of sp³-hybridized carbons (Fsp3) is 0.500. The Labute approximate surface area is 108 Å². The number of halogens is 1. The van der Waals surface area contributed by atoms with Crippen molar-refractivity contribution in [3.8, 4) is 0 Å². The molecule has 1 rings (SSSR count). The summed E-state index contributed by atoms with van der Waals surface area (Å²) in [4.78, 5) is 15.5. The summed E-state index contributed by atoms with van der Waals surface area (Å²) < 4.78 is 0. The minimum atomic E-state index is -0.475. The van der Waals surface area contributed by atoms with Crippen molar-refractivity contribution in [2.45, 2.75) is 38.8 Å². The van der Waals surface area contributed by atoms with Crippen molar-refractivity contribution < 1.29 is 4.79 Å². The topological polar surface area (TPSA) is 68.0 Å². The minimum absolute atomic E-state index is 0. The van der Waals surface area contributed by atoms with E-state index in [0.29, 0.717) is 0 Å². The molecule has 0 spiro atoms. The summed E-state index contributed by atoms with van der Waals surface area (Å²) in [5.41, 5.74) is 6.36. The van der Waals surface area contributed by atoms with Crippen LogP contribution in [0.3, 0.4) is 0 Å². The van der Waals surface area contributed by atoms with E-state index in [-0.39, 0.29) is 23.9 Å². The van der Waals surface area contributed by atoms with Crippen molar-refractivity contribution in [2.24, 2.45) is 5.73 Å². The number of carbonyl (C=O) groups excluding carboxylic acids is 1. The van der Waals surface area contributed by atoms with Crippen molar-refractivity contribution in [1.82, 2.24) is 10.3 Å². The van der Waals surface area contributed by atoms with Gasteiger partial charge in [-0.05, 0) is 44.9 Å². The highest BCUT2D eigenvalue weighted by Crippen LogP contribution is 2.11. The highest BCUT2D eigenvalue weighted by Gasteiger charge is 2.22. The highest BCUT2D eigenvalue weighted by molar-refractivity contribution is 5.85. The Morgan fingerprint density at radius 3 is 2.47 bits per heavy atom. The number of amides is 1. The number of nitrogens with zero attached hydrogens (tertiary/aromatic N) is 1. The van der Waals surface area contributed by atoms with Gasteiger partial charge >= 0.3 is 0 Å². The summed E-state index contributed by atoms with van der Waals surface area (Å²) in [5.74, 6) is -0.126. The van der Waals surface area contributed by atoms with Crippen LogP contribution in [0.2, 0.25) is 0 Å². The monoisotopic (exact) mass is 257 g/mol. The van der Waals surface area contributed by atoms with Crippen LogP contribution in [0.4, 0.5) is 0 Å². The maximum Gasteiger partial charge on any atom is 0.237 e. The Balaban J connectivity index is 0.00000256. The van der Waals surface area contributed by atoms with Gasteiger partial charge in [-0.25, -0.2) is 0 Å². The van der Waals surface area contributed by atoms with Crippen LogP contribution in [0.1, 0.15) is 26.3 Å². The zero-order valence-electron chi connectivity index (χ0n) is 10.4. The number of aromatic nitrogens is 1. The summed E-state index contributed by atoms with van der Waals surface area (Å²) in [5, 5.41) is 2.92. The van der Waals surface area contributed by atoms with Crippen molar-refractivity contribution in [2.75, 3.05) is 0 Å². The van der Waals surface area contributed by atoms with E-state index in [1.165, 1.54) is 0 Å². The van der Waals surface area contributed by atoms with E-state index in [4.69, 9.17) is 5.73 Å². The smallest absolute Gasteiger partial charge is 0.237 e. The number of hydrogen-bond donors (Lipinski definition) is 2. The van der Waals surface area contributed by atoms with Crippen molar-refractivity contribution in [3.63, 3.8) is 0 Å². The number of hydrogen-bond acceptors (Lipinski definition) is 3. The fourth-order valence-electron chi connectivity index (χ4n) is 1.50. The van der Waals surface area contributed by atoms with E-state index in [1.807, 2.05) is 26.0 Å². The van der Waals surface area contributed by atoms with Crippen LogP contribution in [-0.4, -0.2) is 22.5 Å². The Morgan fingerprint density at radius 1 is 1.47 bits per heavy atom. The van der Waals surface area contributed by atoms with Gasteiger partial charge in [0.25, 0.3) is 0 Å². The van der Waals surface area contributed by atoms with Crippen molar-refractivity contribution >= 4 is 18.3 Å². The standard InChI is InChI=1S/C12H19N3O.ClH/c1-9(13)11(16)15-12(2,3)8-10-4-6-14-7-5-10;/h4-7,9H,8,13H2,1-3H3,(H,15,16);1H. The third-order valence-corrected chi connectivity index (χ3v) is 2.27. The summed E-state index contributed by atoms with van der Waals surface area (Å²) in [6, 6.07) is 3.41. The van der Waals surface area contributed by atoms with E-state index in [9.17, 15) is 4.79 Å². The first-order chi connectivity index (χ1) is 7.41. The fourth-order valence-corrected chi connectivity index (χ4v) is 1.50. The number of carbonyl (C=O) groups is 1. The molecule has 1 heterocycles. The van der Waals surface area contributed by atoms with Crippen LogP contribution < -0.4 is 11.1 Å². The minimum Gasteiger partial charge on any atom is -0.350 e. The van der Waals surface area contributed by atoms with Gasteiger partial charge in [-0.1, -0.05) is 0 Å². The second-order valence-corrected chi connectivity index (χ2v) is 4.69. The lowest BCUT2D eigenvalue weighted by Crippen LogP contribution is -2.50. The molecule has 1 unspecified atom stereocenters. The summed E-state index contributed by atoms with van der Waals surface area (Å²) >= 11 is 0. The van der Waals surface area contributed by atoms with Crippen LogP contribution in [0.5, 0.6) is 0 Å². The van der Waals surface area contributed by atoms with Gasteiger partial charge < -0.3 is 11.1 Å². The number of nitrogens with one attached hydrogen (secondary N) is 1. The molecule has 0 aliphatic heterocycles. The average molecular weight is 258 g/mol. The SMILES string of the molecule is CC(N)C(=O)NC(C)(C)Cc1ccncc1.Cl. The first-order valence-corrected chi connectivity index (χ1v) is 5.37. The predicted molar refractivity (Wildman–Crippen MR) is 71.1 cm³/mol. The first-order valence-electron chi connectivity index (χ1n) is 5.37. The van der Waals surface area contributed by atoms with Gasteiger partial charge in [0, 0.05) is 17.9 Å². The van der Waals surface area contributed by atoms with Crippen molar-refractivity contribution in [1.29, 1.82) is 0 Å². The summed E-state index contributed by atoms with van der Waals surface area (Å²) in [6.07, 6.45) is 4.26. The summed E-state index contributed by atoms with van der Waals surface area (Å²) in [7, 11) is 0. The lowest BCUT2D eigenvalue weighted by atomic mass is 9.95. The molecule has 0 bridgehead atoms. The second-order valence-electron chi connectivity index (χ2n) is 4.69. The molecule has 96 valence electrons. The van der Waals surface area contributed by atoms with Crippen LogP contribution in [-0.2, 0) is 11.2 Å². The largest absolute Gasteiger partial charge is 0.350 e. The summed E-state index contributed by atoms with van der Waals surface area (Å²) in [6.45, 7) is 5.64. The molecule has 0 fully saturated rings. The number of pyridine rings is 1. The molecule has 1 amide bonds. The molecule has 0 aromatic carbocycles. The van der Waals surface area contributed by atoms with Gasteiger partial charge in [0.15, 0.2) is 0 Å². The Kier molecular flexibility index (Phi) is 6.13. The van der Waals surface area contributed by atoms with Gasteiger partial charge in [0.2, 0.25) is 5.91 Å². The maximum atomic E-state index is 11.5. The van der Waals surface area contributed by atoms with E-state index in [2.05, 4.69) is 10.3 Å². The zero-order valence-corrected chi connectivity index (χ0v) is 11.3. The predicted octanol–water partition coefficient (Wildman–Crippen LogP) is 1.29. The number of nitrogens with two attached hydrogens (primary N) is 1. The molecular formula is C12H20ClN3O. The van der Waals surface area contributed by atoms with E-state index >= 15 is 0 Å².